The average Bonchev–Trinajstić information content (AvgIpc) is 2.71. The van der Waals surface area contributed by atoms with Gasteiger partial charge in [-0.25, -0.2) is 4.98 Å². The highest BCUT2D eigenvalue weighted by Crippen LogP contribution is 2.29. The molecule has 2 aromatic heterocycles. The molecule has 0 fully saturated rings. The molecule has 3 rings (SSSR count). The predicted octanol–water partition coefficient (Wildman–Crippen LogP) is 4.50. The zero-order valence-corrected chi connectivity index (χ0v) is 18.8. The molecule has 0 saturated carbocycles. The maximum Gasteiger partial charge on any atom is 0.136 e. The van der Waals surface area contributed by atoms with Crippen molar-refractivity contribution < 1.29 is 5.11 Å². The molecule has 2 N–H and O–H groups in total. The maximum atomic E-state index is 10.2. The Bertz CT molecular complexity index is 1060. The molecular formula is C25H31N5O. The number of aliphatic hydroxyl groups excluding tert-OH is 1. The molecule has 31 heavy (non-hydrogen) atoms. The summed E-state index contributed by atoms with van der Waals surface area (Å²) in [7, 11) is 3.88. The molecule has 3 aromatic rings. The number of likely N-dealkylation sites (N-methyl/N-ethyl adjacent to an activating group) is 1. The Labute approximate surface area is 184 Å². The second-order valence-electron chi connectivity index (χ2n) is 8.08. The summed E-state index contributed by atoms with van der Waals surface area (Å²) in [5, 5.41) is 14.5. The van der Waals surface area contributed by atoms with Gasteiger partial charge >= 0.3 is 0 Å². The summed E-state index contributed by atoms with van der Waals surface area (Å²) >= 11 is 0. The first-order valence-electron chi connectivity index (χ1n) is 10.3. The van der Waals surface area contributed by atoms with E-state index in [1.54, 1.807) is 6.20 Å². The van der Waals surface area contributed by atoms with Crippen LogP contribution in [0.4, 0.5) is 11.5 Å². The SMILES string of the molecule is C=C(C)N(C(=C)C)c1ccc(-c2cc3ncccc3c(NCC(O)CN(C)C)n2)cc1. The quantitative estimate of drug-likeness (QED) is 0.534. The molecule has 0 amide bonds. The van der Waals surface area contributed by atoms with Gasteiger partial charge in [0.2, 0.25) is 0 Å². The fourth-order valence-electron chi connectivity index (χ4n) is 3.61. The molecule has 0 spiro atoms. The van der Waals surface area contributed by atoms with Gasteiger partial charge in [0.05, 0.1) is 17.3 Å². The minimum Gasteiger partial charge on any atom is -0.390 e. The molecule has 0 aliphatic carbocycles. The molecule has 0 saturated heterocycles. The number of anilines is 2. The highest BCUT2D eigenvalue weighted by Gasteiger charge is 2.13. The summed E-state index contributed by atoms with van der Waals surface area (Å²) in [5.41, 5.74) is 5.49. The zero-order valence-electron chi connectivity index (χ0n) is 18.8. The third-order valence-electron chi connectivity index (χ3n) is 4.87. The van der Waals surface area contributed by atoms with Crippen LogP contribution in [0, 0.1) is 0 Å². The zero-order chi connectivity index (χ0) is 22.5. The third-order valence-corrected chi connectivity index (χ3v) is 4.87. The Kier molecular flexibility index (Phi) is 7.05. The first-order chi connectivity index (χ1) is 14.8. The van der Waals surface area contributed by atoms with Crippen LogP contribution in [0.3, 0.4) is 0 Å². The van der Waals surface area contributed by atoms with Crippen LogP contribution in [0.2, 0.25) is 0 Å². The minimum atomic E-state index is -0.498. The van der Waals surface area contributed by atoms with Crippen molar-refractivity contribution in [2.45, 2.75) is 20.0 Å². The number of pyridine rings is 2. The molecule has 0 radical (unpaired) electrons. The van der Waals surface area contributed by atoms with Crippen LogP contribution in [-0.4, -0.2) is 53.3 Å². The van der Waals surface area contributed by atoms with E-state index in [4.69, 9.17) is 4.98 Å². The molecule has 1 atom stereocenters. The Morgan fingerprint density at radius 2 is 1.77 bits per heavy atom. The number of aliphatic hydroxyl groups is 1. The third kappa shape index (κ3) is 5.48. The standard InChI is InChI=1S/C25H31N5O/c1-17(2)30(18(3)4)20-11-9-19(10-12-20)23-14-24-22(8-7-13-26-24)25(28-23)27-15-21(31)16-29(5)6/h7-14,21,31H,1,3,15-16H2,2,4-6H3,(H,27,28). The lowest BCUT2D eigenvalue weighted by atomic mass is 10.1. The molecule has 0 aliphatic heterocycles. The Morgan fingerprint density at radius 3 is 2.39 bits per heavy atom. The van der Waals surface area contributed by atoms with Crippen molar-refractivity contribution in [2.75, 3.05) is 37.4 Å². The smallest absolute Gasteiger partial charge is 0.136 e. The predicted molar refractivity (Wildman–Crippen MR) is 130 cm³/mol. The van der Waals surface area contributed by atoms with Gasteiger partial charge in [-0.2, -0.15) is 0 Å². The Balaban J connectivity index is 1.93. The van der Waals surface area contributed by atoms with Gasteiger partial charge in [0.15, 0.2) is 0 Å². The minimum absolute atomic E-state index is 0.406. The van der Waals surface area contributed by atoms with Gasteiger partial charge in [0.1, 0.15) is 5.82 Å². The number of fused-ring (bicyclic) bond motifs is 1. The van der Waals surface area contributed by atoms with Crippen molar-refractivity contribution >= 4 is 22.4 Å². The van der Waals surface area contributed by atoms with Gasteiger partial charge in [-0.1, -0.05) is 25.3 Å². The molecule has 0 bridgehead atoms. The molecular weight excluding hydrogens is 386 g/mol. The van der Waals surface area contributed by atoms with Gasteiger partial charge in [-0.15, -0.1) is 0 Å². The summed E-state index contributed by atoms with van der Waals surface area (Å²) in [6.07, 6.45) is 1.28. The summed E-state index contributed by atoms with van der Waals surface area (Å²) in [6, 6.07) is 14.0. The van der Waals surface area contributed by atoms with Crippen LogP contribution >= 0.6 is 0 Å². The lowest BCUT2D eigenvalue weighted by molar-refractivity contribution is 0.148. The van der Waals surface area contributed by atoms with Crippen LogP contribution in [0.1, 0.15) is 13.8 Å². The van der Waals surface area contributed by atoms with E-state index >= 15 is 0 Å². The number of hydrogen-bond donors (Lipinski definition) is 2. The number of benzene rings is 1. The molecule has 1 aromatic carbocycles. The number of aromatic nitrogens is 2. The second-order valence-corrected chi connectivity index (χ2v) is 8.08. The highest BCUT2D eigenvalue weighted by molar-refractivity contribution is 5.92. The number of nitrogens with zero attached hydrogens (tertiary/aromatic N) is 4. The van der Waals surface area contributed by atoms with Gasteiger partial charge < -0.3 is 20.2 Å². The fourth-order valence-corrected chi connectivity index (χ4v) is 3.61. The van der Waals surface area contributed by atoms with Crippen molar-refractivity contribution in [1.29, 1.82) is 0 Å². The molecule has 6 heteroatoms. The number of nitrogens with one attached hydrogen (secondary N) is 1. The van der Waals surface area contributed by atoms with Crippen molar-refractivity contribution in [1.82, 2.24) is 14.9 Å². The first kappa shape index (κ1) is 22.5. The van der Waals surface area contributed by atoms with E-state index < -0.39 is 6.10 Å². The second kappa shape index (κ2) is 9.73. The summed E-state index contributed by atoms with van der Waals surface area (Å²) < 4.78 is 0. The van der Waals surface area contributed by atoms with Gasteiger partial charge in [0, 0.05) is 47.3 Å². The molecule has 6 nitrogen and oxygen atoms in total. The highest BCUT2D eigenvalue weighted by atomic mass is 16.3. The van der Waals surface area contributed by atoms with Gasteiger partial charge in [0.25, 0.3) is 0 Å². The summed E-state index contributed by atoms with van der Waals surface area (Å²) in [5.74, 6) is 0.716. The van der Waals surface area contributed by atoms with E-state index in [1.807, 2.05) is 80.2 Å². The maximum absolute atomic E-state index is 10.2. The van der Waals surface area contributed by atoms with E-state index in [9.17, 15) is 5.11 Å². The van der Waals surface area contributed by atoms with Crippen LogP contribution < -0.4 is 10.2 Å². The van der Waals surface area contributed by atoms with Crippen LogP contribution in [0.15, 0.2) is 73.2 Å². The van der Waals surface area contributed by atoms with E-state index in [0.29, 0.717) is 18.9 Å². The van der Waals surface area contributed by atoms with E-state index in [0.717, 1.165) is 39.2 Å². The molecule has 0 aliphatic rings. The topological polar surface area (TPSA) is 64.5 Å². The Morgan fingerprint density at radius 1 is 1.10 bits per heavy atom. The molecule has 2 heterocycles. The van der Waals surface area contributed by atoms with Crippen molar-refractivity contribution in [3.05, 3.63) is 73.2 Å². The molecule has 162 valence electrons. The van der Waals surface area contributed by atoms with E-state index in [1.165, 1.54) is 0 Å². The van der Waals surface area contributed by atoms with Gasteiger partial charge in [-0.3, -0.25) is 4.98 Å². The largest absolute Gasteiger partial charge is 0.390 e. The van der Waals surface area contributed by atoms with Crippen LogP contribution in [-0.2, 0) is 0 Å². The monoisotopic (exact) mass is 417 g/mol. The van der Waals surface area contributed by atoms with Crippen molar-refractivity contribution in [2.24, 2.45) is 0 Å². The van der Waals surface area contributed by atoms with E-state index in [-0.39, 0.29) is 0 Å². The average molecular weight is 418 g/mol. The van der Waals surface area contributed by atoms with Gasteiger partial charge in [-0.05, 0) is 58.3 Å². The normalized spacial score (nSPS) is 12.1. The van der Waals surface area contributed by atoms with Crippen molar-refractivity contribution in [3.8, 4) is 11.3 Å². The lowest BCUT2D eigenvalue weighted by Gasteiger charge is -2.25. The van der Waals surface area contributed by atoms with Crippen molar-refractivity contribution in [3.63, 3.8) is 0 Å². The van der Waals surface area contributed by atoms with Crippen LogP contribution in [0.25, 0.3) is 22.2 Å². The summed E-state index contributed by atoms with van der Waals surface area (Å²) in [4.78, 5) is 13.3. The van der Waals surface area contributed by atoms with Crippen LogP contribution in [0.5, 0.6) is 0 Å². The lowest BCUT2D eigenvalue weighted by Crippen LogP contribution is -2.31. The first-order valence-corrected chi connectivity index (χ1v) is 10.3. The number of hydrogen-bond acceptors (Lipinski definition) is 6. The Hall–Kier alpha value is -3.22. The molecule has 1 unspecified atom stereocenters. The number of rotatable bonds is 9. The fraction of sp³-hybridized carbons (Fsp3) is 0.280. The number of allylic oxidation sites excluding steroid dienone is 2. The summed E-state index contributed by atoms with van der Waals surface area (Å²) in [6.45, 7) is 13.0. The van der Waals surface area contributed by atoms with E-state index in [2.05, 4.69) is 23.5 Å².